The first-order chi connectivity index (χ1) is 7.80. The molecule has 1 rings (SSSR count). The summed E-state index contributed by atoms with van der Waals surface area (Å²) in [5.41, 5.74) is 3.45. The maximum atomic E-state index is 3.71. The minimum atomic E-state index is 0.976. The normalized spacial score (nSPS) is 17.8. The summed E-state index contributed by atoms with van der Waals surface area (Å²) in [6, 6.07) is 0. The lowest BCUT2D eigenvalue weighted by atomic mass is 10.0. The Hall–Kier alpha value is -1.74. The quantitative estimate of drug-likeness (QED) is 0.469. The molecule has 0 nitrogen and oxygen atoms in total. The fourth-order valence-corrected chi connectivity index (χ4v) is 1.45. The second-order valence-corrected chi connectivity index (χ2v) is 3.58. The molecule has 1 aliphatic carbocycles. The Morgan fingerprint density at radius 1 is 1.50 bits per heavy atom. The molecule has 0 aliphatic heterocycles. The van der Waals surface area contributed by atoms with E-state index in [1.165, 1.54) is 5.57 Å². The average Bonchev–Trinajstić information content (AvgIpc) is 2.33. The molecular weight excluding hydrogens is 192 g/mol. The SMILES string of the molecule is C=C/C(C#CC1=CC/C(=C\CC)C=C1)=C\C. The fraction of sp³-hybridized carbons (Fsp3) is 0.250. The van der Waals surface area contributed by atoms with E-state index in [0.29, 0.717) is 0 Å². The average molecular weight is 210 g/mol. The van der Waals surface area contributed by atoms with Crippen molar-refractivity contribution in [1.82, 2.24) is 0 Å². The van der Waals surface area contributed by atoms with E-state index in [-0.39, 0.29) is 0 Å². The van der Waals surface area contributed by atoms with Crippen molar-refractivity contribution in [2.75, 3.05) is 0 Å². The molecule has 0 saturated carbocycles. The Morgan fingerprint density at radius 3 is 2.81 bits per heavy atom. The summed E-state index contributed by atoms with van der Waals surface area (Å²) in [4.78, 5) is 0. The highest BCUT2D eigenvalue weighted by Gasteiger charge is 1.97. The van der Waals surface area contributed by atoms with Crippen molar-refractivity contribution in [1.29, 1.82) is 0 Å². The fourth-order valence-electron chi connectivity index (χ4n) is 1.45. The van der Waals surface area contributed by atoms with Gasteiger partial charge in [0.25, 0.3) is 0 Å². The molecule has 0 N–H and O–H groups in total. The zero-order valence-electron chi connectivity index (χ0n) is 10.1. The molecule has 0 radical (unpaired) electrons. The van der Waals surface area contributed by atoms with Crippen molar-refractivity contribution in [2.45, 2.75) is 26.7 Å². The summed E-state index contributed by atoms with van der Waals surface area (Å²) in [6.45, 7) is 7.84. The van der Waals surface area contributed by atoms with Gasteiger partial charge in [-0.15, -0.1) is 0 Å². The molecule has 0 spiro atoms. The van der Waals surface area contributed by atoms with Crippen molar-refractivity contribution in [3.63, 3.8) is 0 Å². The number of hydrogen-bond acceptors (Lipinski definition) is 0. The van der Waals surface area contributed by atoms with Crippen molar-refractivity contribution in [3.05, 3.63) is 59.8 Å². The highest BCUT2D eigenvalue weighted by atomic mass is 14.0. The maximum Gasteiger partial charge on any atom is 0.0212 e. The van der Waals surface area contributed by atoms with E-state index in [2.05, 4.69) is 49.6 Å². The lowest BCUT2D eigenvalue weighted by Gasteiger charge is -2.03. The topological polar surface area (TPSA) is 0 Å². The second-order valence-electron chi connectivity index (χ2n) is 3.58. The molecule has 1 aliphatic rings. The number of allylic oxidation sites excluding steroid dienone is 9. The predicted octanol–water partition coefficient (Wildman–Crippen LogP) is 4.34. The summed E-state index contributed by atoms with van der Waals surface area (Å²) in [7, 11) is 0. The zero-order valence-corrected chi connectivity index (χ0v) is 10.1. The Bertz CT molecular complexity index is 428. The van der Waals surface area contributed by atoms with Gasteiger partial charge in [0, 0.05) is 11.1 Å². The van der Waals surface area contributed by atoms with Crippen molar-refractivity contribution >= 4 is 0 Å². The minimum absolute atomic E-state index is 0.976. The van der Waals surface area contributed by atoms with Crippen LogP contribution >= 0.6 is 0 Å². The first-order valence-electron chi connectivity index (χ1n) is 5.68. The molecule has 0 heterocycles. The third-order valence-corrected chi connectivity index (χ3v) is 2.38. The zero-order chi connectivity index (χ0) is 11.8. The van der Waals surface area contributed by atoms with E-state index < -0.39 is 0 Å². The smallest absolute Gasteiger partial charge is 0.0212 e. The second kappa shape index (κ2) is 6.69. The van der Waals surface area contributed by atoms with Crippen LogP contribution in [0.25, 0.3) is 0 Å². The van der Waals surface area contributed by atoms with Crippen molar-refractivity contribution < 1.29 is 0 Å². The van der Waals surface area contributed by atoms with E-state index >= 15 is 0 Å². The Labute approximate surface area is 98.8 Å². The molecule has 82 valence electrons. The van der Waals surface area contributed by atoms with Crippen LogP contribution in [0.3, 0.4) is 0 Å². The summed E-state index contributed by atoms with van der Waals surface area (Å²) in [6.07, 6.45) is 14.5. The maximum absolute atomic E-state index is 3.71. The Morgan fingerprint density at radius 2 is 2.31 bits per heavy atom. The van der Waals surface area contributed by atoms with Gasteiger partial charge >= 0.3 is 0 Å². The molecule has 0 heteroatoms. The highest BCUT2D eigenvalue weighted by Crippen LogP contribution is 2.15. The van der Waals surface area contributed by atoms with Crippen LogP contribution in [-0.4, -0.2) is 0 Å². The van der Waals surface area contributed by atoms with Gasteiger partial charge in [0.05, 0.1) is 0 Å². The molecule has 0 unspecified atom stereocenters. The standard InChI is InChI=1S/C16H18/c1-4-7-15-10-12-16(13-11-15)9-8-14(5-2)6-3/h5-7,10,12-13H,2,4,11H2,1,3H3/b14-6+,15-7-. The summed E-state index contributed by atoms with van der Waals surface area (Å²) in [5, 5.41) is 0. The number of hydrogen-bond donors (Lipinski definition) is 0. The van der Waals surface area contributed by atoms with Crippen LogP contribution in [0, 0.1) is 11.8 Å². The molecule has 0 atom stereocenters. The predicted molar refractivity (Wildman–Crippen MR) is 71.9 cm³/mol. The van der Waals surface area contributed by atoms with Gasteiger partial charge in [-0.25, -0.2) is 0 Å². The van der Waals surface area contributed by atoms with Gasteiger partial charge in [-0.1, -0.05) is 55.7 Å². The monoisotopic (exact) mass is 210 g/mol. The summed E-state index contributed by atoms with van der Waals surface area (Å²) >= 11 is 0. The van der Waals surface area contributed by atoms with Crippen LogP contribution < -0.4 is 0 Å². The molecule has 0 fully saturated rings. The van der Waals surface area contributed by atoms with E-state index in [9.17, 15) is 0 Å². The van der Waals surface area contributed by atoms with E-state index in [1.54, 1.807) is 6.08 Å². The van der Waals surface area contributed by atoms with Crippen LogP contribution in [0.2, 0.25) is 0 Å². The minimum Gasteiger partial charge on any atom is -0.0978 e. The van der Waals surface area contributed by atoms with Crippen LogP contribution in [-0.2, 0) is 0 Å². The van der Waals surface area contributed by atoms with Gasteiger partial charge in [-0.3, -0.25) is 0 Å². The van der Waals surface area contributed by atoms with Crippen molar-refractivity contribution in [2.24, 2.45) is 0 Å². The van der Waals surface area contributed by atoms with Gasteiger partial charge in [0.2, 0.25) is 0 Å². The summed E-state index contributed by atoms with van der Waals surface area (Å²) < 4.78 is 0. The summed E-state index contributed by atoms with van der Waals surface area (Å²) in [5.74, 6) is 6.23. The van der Waals surface area contributed by atoms with Crippen LogP contribution in [0.5, 0.6) is 0 Å². The van der Waals surface area contributed by atoms with Crippen LogP contribution in [0.4, 0.5) is 0 Å². The molecule has 0 aromatic heterocycles. The molecule has 0 bridgehead atoms. The Balaban J connectivity index is 2.71. The van der Waals surface area contributed by atoms with Crippen LogP contribution in [0.15, 0.2) is 59.8 Å². The van der Waals surface area contributed by atoms with Crippen LogP contribution in [0.1, 0.15) is 26.7 Å². The molecular formula is C16H18. The van der Waals surface area contributed by atoms with E-state index in [4.69, 9.17) is 0 Å². The first-order valence-corrected chi connectivity index (χ1v) is 5.68. The third-order valence-electron chi connectivity index (χ3n) is 2.38. The van der Waals surface area contributed by atoms with E-state index in [0.717, 1.165) is 24.0 Å². The largest absolute Gasteiger partial charge is 0.0978 e. The number of rotatable bonds is 2. The molecule has 0 saturated heterocycles. The molecule has 0 amide bonds. The van der Waals surface area contributed by atoms with Gasteiger partial charge in [-0.05, 0) is 31.4 Å². The third kappa shape index (κ3) is 3.79. The van der Waals surface area contributed by atoms with Crippen molar-refractivity contribution in [3.8, 4) is 11.8 Å². The lowest BCUT2D eigenvalue weighted by molar-refractivity contribution is 1.15. The van der Waals surface area contributed by atoms with Gasteiger partial charge in [-0.2, -0.15) is 0 Å². The van der Waals surface area contributed by atoms with Gasteiger partial charge in [0.15, 0.2) is 0 Å². The van der Waals surface area contributed by atoms with E-state index in [1.807, 2.05) is 13.0 Å². The molecule has 0 aromatic carbocycles. The van der Waals surface area contributed by atoms with Gasteiger partial charge in [0.1, 0.15) is 0 Å². The Kier molecular flexibility index (Phi) is 5.16. The molecule has 16 heavy (non-hydrogen) atoms. The molecule has 0 aromatic rings. The lowest BCUT2D eigenvalue weighted by Crippen LogP contribution is -1.86. The first kappa shape index (κ1) is 12.3. The highest BCUT2D eigenvalue weighted by molar-refractivity contribution is 5.49. The van der Waals surface area contributed by atoms with Gasteiger partial charge < -0.3 is 0 Å².